The van der Waals surface area contributed by atoms with E-state index in [1.807, 2.05) is 13.0 Å². The number of benzene rings is 2. The monoisotopic (exact) mass is 458 g/mol. The molecule has 0 bridgehead atoms. The fourth-order valence-electron chi connectivity index (χ4n) is 2.00. The van der Waals surface area contributed by atoms with Crippen molar-refractivity contribution in [3.05, 3.63) is 62.0 Å². The number of ether oxygens (including phenoxy) is 1. The highest BCUT2D eigenvalue weighted by atomic mass is 79.9. The average molecular weight is 460 g/mol. The van der Waals surface area contributed by atoms with E-state index in [2.05, 4.69) is 26.8 Å². The first-order valence-electron chi connectivity index (χ1n) is 7.80. The largest absolute Gasteiger partial charge is 0.492 e. The quantitative estimate of drug-likeness (QED) is 0.486. The van der Waals surface area contributed by atoms with Crippen molar-refractivity contribution in [1.29, 1.82) is 0 Å². The van der Waals surface area contributed by atoms with Gasteiger partial charge >= 0.3 is 0 Å². The second-order valence-electron chi connectivity index (χ2n) is 5.49. The lowest BCUT2D eigenvalue weighted by Gasteiger charge is -2.10. The standard InChI is InChI=1S/C18H17BrCl2N2O3/c1-11-4-5-12(9-14(11)19)18(25)23-22-17(24)3-2-8-26-16-7-6-13(20)10-15(16)21/h4-7,9-10H,2-3,8H2,1H3,(H,22,24)(H,23,25). The van der Waals surface area contributed by atoms with Gasteiger partial charge in [-0.2, -0.15) is 0 Å². The number of carbonyl (C=O) groups excluding carboxylic acids is 2. The van der Waals surface area contributed by atoms with Crippen molar-refractivity contribution in [1.82, 2.24) is 10.9 Å². The summed E-state index contributed by atoms with van der Waals surface area (Å²) in [4.78, 5) is 23.8. The molecule has 0 saturated heterocycles. The Morgan fingerprint density at radius 1 is 1.12 bits per heavy atom. The van der Waals surface area contributed by atoms with E-state index in [-0.39, 0.29) is 18.2 Å². The Balaban J connectivity index is 1.70. The van der Waals surface area contributed by atoms with Crippen LogP contribution in [0, 0.1) is 6.92 Å². The molecule has 8 heteroatoms. The zero-order valence-corrected chi connectivity index (χ0v) is 17.0. The number of carbonyl (C=O) groups is 2. The van der Waals surface area contributed by atoms with Crippen LogP contribution in [0.1, 0.15) is 28.8 Å². The second-order valence-corrected chi connectivity index (χ2v) is 7.19. The highest BCUT2D eigenvalue weighted by Crippen LogP contribution is 2.27. The molecular formula is C18H17BrCl2N2O3. The second kappa shape index (κ2) is 9.80. The number of nitrogens with one attached hydrogen (secondary N) is 2. The molecule has 0 aliphatic rings. The van der Waals surface area contributed by atoms with E-state index in [1.165, 1.54) is 0 Å². The van der Waals surface area contributed by atoms with E-state index in [4.69, 9.17) is 27.9 Å². The molecule has 0 radical (unpaired) electrons. The molecule has 0 atom stereocenters. The van der Waals surface area contributed by atoms with Crippen LogP contribution in [0.3, 0.4) is 0 Å². The molecule has 138 valence electrons. The Hall–Kier alpha value is -1.76. The summed E-state index contributed by atoms with van der Waals surface area (Å²) in [7, 11) is 0. The molecular weight excluding hydrogens is 443 g/mol. The molecule has 0 saturated carbocycles. The van der Waals surface area contributed by atoms with Crippen LogP contribution in [-0.4, -0.2) is 18.4 Å². The van der Waals surface area contributed by atoms with Crippen LogP contribution in [0.2, 0.25) is 10.0 Å². The Bertz CT molecular complexity index is 815. The molecule has 0 aliphatic heterocycles. The highest BCUT2D eigenvalue weighted by Gasteiger charge is 2.09. The lowest BCUT2D eigenvalue weighted by Crippen LogP contribution is -2.41. The molecule has 2 aromatic carbocycles. The predicted molar refractivity (Wildman–Crippen MR) is 106 cm³/mol. The van der Waals surface area contributed by atoms with E-state index < -0.39 is 0 Å². The molecule has 26 heavy (non-hydrogen) atoms. The third-order valence-corrected chi connectivity index (χ3v) is 4.83. The maximum Gasteiger partial charge on any atom is 0.269 e. The molecule has 0 fully saturated rings. The normalized spacial score (nSPS) is 10.3. The van der Waals surface area contributed by atoms with Crippen molar-refractivity contribution in [2.24, 2.45) is 0 Å². The number of hydrogen-bond donors (Lipinski definition) is 2. The fraction of sp³-hybridized carbons (Fsp3) is 0.222. The Labute approximate surface area is 170 Å². The maximum atomic E-state index is 12.0. The van der Waals surface area contributed by atoms with Crippen molar-refractivity contribution in [3.63, 3.8) is 0 Å². The minimum atomic E-state index is -0.386. The van der Waals surface area contributed by atoms with Crippen LogP contribution in [0.5, 0.6) is 5.75 Å². The summed E-state index contributed by atoms with van der Waals surface area (Å²) in [6.07, 6.45) is 0.666. The summed E-state index contributed by atoms with van der Waals surface area (Å²) in [6, 6.07) is 10.1. The van der Waals surface area contributed by atoms with Gasteiger partial charge in [-0.1, -0.05) is 45.2 Å². The van der Waals surface area contributed by atoms with Crippen molar-refractivity contribution < 1.29 is 14.3 Å². The van der Waals surface area contributed by atoms with E-state index in [9.17, 15) is 9.59 Å². The van der Waals surface area contributed by atoms with Gasteiger partial charge < -0.3 is 4.74 Å². The summed E-state index contributed by atoms with van der Waals surface area (Å²) in [5.74, 6) is -0.187. The lowest BCUT2D eigenvalue weighted by molar-refractivity contribution is -0.122. The molecule has 0 heterocycles. The van der Waals surface area contributed by atoms with Crippen molar-refractivity contribution in [3.8, 4) is 5.75 Å². The molecule has 0 aromatic heterocycles. The summed E-state index contributed by atoms with van der Waals surface area (Å²) < 4.78 is 6.33. The predicted octanol–water partition coefficient (Wildman–Crippen LogP) is 4.68. The van der Waals surface area contributed by atoms with Crippen LogP contribution in [0.25, 0.3) is 0 Å². The van der Waals surface area contributed by atoms with E-state index in [0.717, 1.165) is 10.0 Å². The summed E-state index contributed by atoms with van der Waals surface area (Å²) in [6.45, 7) is 2.24. The van der Waals surface area contributed by atoms with Gasteiger partial charge in [-0.3, -0.25) is 20.4 Å². The van der Waals surface area contributed by atoms with Gasteiger partial charge in [0.15, 0.2) is 0 Å². The molecule has 0 aliphatic carbocycles. The van der Waals surface area contributed by atoms with Crippen molar-refractivity contribution in [2.45, 2.75) is 19.8 Å². The van der Waals surface area contributed by atoms with Crippen LogP contribution >= 0.6 is 39.1 Å². The molecule has 0 unspecified atom stereocenters. The number of halogens is 3. The minimum Gasteiger partial charge on any atom is -0.492 e. The Kier molecular flexibility index (Phi) is 7.75. The van der Waals surface area contributed by atoms with E-state index >= 15 is 0 Å². The third kappa shape index (κ3) is 6.20. The van der Waals surface area contributed by atoms with Gasteiger partial charge in [0.1, 0.15) is 5.75 Å². The zero-order chi connectivity index (χ0) is 19.1. The highest BCUT2D eigenvalue weighted by molar-refractivity contribution is 9.10. The maximum absolute atomic E-state index is 12.0. The van der Waals surface area contributed by atoms with Crippen LogP contribution in [-0.2, 0) is 4.79 Å². The zero-order valence-electron chi connectivity index (χ0n) is 13.9. The number of amides is 2. The van der Waals surface area contributed by atoms with E-state index in [0.29, 0.717) is 34.4 Å². The molecule has 2 aromatic rings. The van der Waals surface area contributed by atoms with Crippen LogP contribution < -0.4 is 15.6 Å². The topological polar surface area (TPSA) is 67.4 Å². The number of hydrogen-bond acceptors (Lipinski definition) is 3. The molecule has 2 N–H and O–H groups in total. The Morgan fingerprint density at radius 2 is 1.88 bits per heavy atom. The van der Waals surface area contributed by atoms with Crippen LogP contribution in [0.4, 0.5) is 0 Å². The van der Waals surface area contributed by atoms with Gasteiger partial charge in [0, 0.05) is 21.5 Å². The SMILES string of the molecule is Cc1ccc(C(=O)NNC(=O)CCCOc2ccc(Cl)cc2Cl)cc1Br. The molecule has 2 rings (SSSR count). The molecule has 0 spiro atoms. The third-order valence-electron chi connectivity index (χ3n) is 3.45. The fourth-order valence-corrected chi connectivity index (χ4v) is 2.84. The minimum absolute atomic E-state index is 0.198. The van der Waals surface area contributed by atoms with Gasteiger partial charge in [0.05, 0.1) is 11.6 Å². The molecule has 2 amide bonds. The summed E-state index contributed by atoms with van der Waals surface area (Å²) in [5, 5.41) is 0.941. The Morgan fingerprint density at radius 3 is 2.58 bits per heavy atom. The van der Waals surface area contributed by atoms with Gasteiger partial charge in [0.2, 0.25) is 5.91 Å². The lowest BCUT2D eigenvalue weighted by atomic mass is 10.1. The van der Waals surface area contributed by atoms with Gasteiger partial charge in [0.25, 0.3) is 5.91 Å². The van der Waals surface area contributed by atoms with Gasteiger partial charge in [-0.25, -0.2) is 0 Å². The number of aryl methyl sites for hydroxylation is 1. The van der Waals surface area contributed by atoms with Crippen LogP contribution in [0.15, 0.2) is 40.9 Å². The average Bonchev–Trinajstić information content (AvgIpc) is 2.60. The van der Waals surface area contributed by atoms with E-state index in [1.54, 1.807) is 30.3 Å². The van der Waals surface area contributed by atoms with Gasteiger partial charge in [-0.05, 0) is 49.2 Å². The number of hydrazine groups is 1. The van der Waals surface area contributed by atoms with Crippen molar-refractivity contribution in [2.75, 3.05) is 6.61 Å². The summed E-state index contributed by atoms with van der Waals surface area (Å²) in [5.41, 5.74) is 6.23. The number of rotatable bonds is 6. The first kappa shape index (κ1) is 20.6. The van der Waals surface area contributed by atoms with Crippen molar-refractivity contribution >= 4 is 50.9 Å². The summed E-state index contributed by atoms with van der Waals surface area (Å²) >= 11 is 15.2. The van der Waals surface area contributed by atoms with Gasteiger partial charge in [-0.15, -0.1) is 0 Å². The first-order chi connectivity index (χ1) is 12.4. The molecule has 5 nitrogen and oxygen atoms in total. The first-order valence-corrected chi connectivity index (χ1v) is 9.35. The smallest absolute Gasteiger partial charge is 0.269 e.